The van der Waals surface area contributed by atoms with Crippen molar-refractivity contribution in [2.24, 2.45) is 7.05 Å². The first-order valence-corrected chi connectivity index (χ1v) is 7.53. The van der Waals surface area contributed by atoms with Crippen molar-refractivity contribution in [2.45, 2.75) is 0 Å². The SMILES string of the molecule is Cn1c(C(=O)Nc2ccc(Br)cc2)cc2ccc(Cl)cc21. The Morgan fingerprint density at radius 3 is 2.57 bits per heavy atom. The van der Waals surface area contributed by atoms with Gasteiger partial charge in [-0.3, -0.25) is 4.79 Å². The summed E-state index contributed by atoms with van der Waals surface area (Å²) in [6.07, 6.45) is 0. The smallest absolute Gasteiger partial charge is 0.272 e. The zero-order valence-electron chi connectivity index (χ0n) is 11.2. The number of fused-ring (bicyclic) bond motifs is 1. The van der Waals surface area contributed by atoms with E-state index in [0.717, 1.165) is 21.1 Å². The van der Waals surface area contributed by atoms with Gasteiger partial charge in [-0.2, -0.15) is 0 Å². The van der Waals surface area contributed by atoms with Crippen LogP contribution in [0, 0.1) is 0 Å². The van der Waals surface area contributed by atoms with E-state index in [1.165, 1.54) is 0 Å². The van der Waals surface area contributed by atoms with Crippen LogP contribution in [0.5, 0.6) is 0 Å². The summed E-state index contributed by atoms with van der Waals surface area (Å²) in [4.78, 5) is 12.4. The van der Waals surface area contributed by atoms with Gasteiger partial charge in [-0.15, -0.1) is 0 Å². The second-order valence-electron chi connectivity index (χ2n) is 4.75. The fourth-order valence-electron chi connectivity index (χ4n) is 2.25. The summed E-state index contributed by atoms with van der Waals surface area (Å²) in [7, 11) is 1.86. The van der Waals surface area contributed by atoms with Gasteiger partial charge in [-0.05, 0) is 42.5 Å². The highest BCUT2D eigenvalue weighted by Gasteiger charge is 2.13. The van der Waals surface area contributed by atoms with E-state index in [9.17, 15) is 4.79 Å². The molecule has 5 heteroatoms. The van der Waals surface area contributed by atoms with Crippen LogP contribution in [0.1, 0.15) is 10.5 Å². The molecule has 21 heavy (non-hydrogen) atoms. The number of hydrogen-bond acceptors (Lipinski definition) is 1. The molecule has 0 aliphatic carbocycles. The Morgan fingerprint density at radius 1 is 1.14 bits per heavy atom. The third-order valence-electron chi connectivity index (χ3n) is 3.34. The monoisotopic (exact) mass is 362 g/mol. The van der Waals surface area contributed by atoms with E-state index in [-0.39, 0.29) is 5.91 Å². The van der Waals surface area contributed by atoms with Gasteiger partial charge in [0.05, 0.1) is 0 Å². The predicted octanol–water partition coefficient (Wildman–Crippen LogP) is 4.85. The van der Waals surface area contributed by atoms with Gasteiger partial charge in [-0.1, -0.05) is 33.6 Å². The lowest BCUT2D eigenvalue weighted by Crippen LogP contribution is -2.15. The lowest BCUT2D eigenvalue weighted by Gasteiger charge is -2.06. The number of aryl methyl sites for hydroxylation is 1. The topological polar surface area (TPSA) is 34.0 Å². The first-order valence-electron chi connectivity index (χ1n) is 6.36. The van der Waals surface area contributed by atoms with Crippen LogP contribution in [-0.4, -0.2) is 10.5 Å². The van der Waals surface area contributed by atoms with Crippen molar-refractivity contribution in [3.63, 3.8) is 0 Å². The van der Waals surface area contributed by atoms with Crippen molar-refractivity contribution < 1.29 is 4.79 Å². The fourth-order valence-corrected chi connectivity index (χ4v) is 2.68. The van der Waals surface area contributed by atoms with Crippen molar-refractivity contribution in [2.75, 3.05) is 5.32 Å². The zero-order chi connectivity index (χ0) is 15.0. The van der Waals surface area contributed by atoms with E-state index in [1.807, 2.05) is 60.1 Å². The zero-order valence-corrected chi connectivity index (χ0v) is 13.6. The molecule has 106 valence electrons. The van der Waals surface area contributed by atoms with Gasteiger partial charge in [0.2, 0.25) is 0 Å². The Hall–Kier alpha value is -1.78. The number of nitrogens with zero attached hydrogens (tertiary/aromatic N) is 1. The number of nitrogens with one attached hydrogen (secondary N) is 1. The second-order valence-corrected chi connectivity index (χ2v) is 6.10. The molecule has 1 aromatic heterocycles. The lowest BCUT2D eigenvalue weighted by atomic mass is 10.2. The number of anilines is 1. The maximum absolute atomic E-state index is 12.4. The molecule has 0 aliphatic rings. The van der Waals surface area contributed by atoms with Crippen LogP contribution in [0.4, 0.5) is 5.69 Å². The Labute approximate surface area is 135 Å². The van der Waals surface area contributed by atoms with E-state index in [0.29, 0.717) is 10.7 Å². The number of halogens is 2. The average molecular weight is 364 g/mol. The van der Waals surface area contributed by atoms with E-state index in [2.05, 4.69) is 21.2 Å². The van der Waals surface area contributed by atoms with Crippen molar-refractivity contribution in [1.82, 2.24) is 4.57 Å². The molecule has 0 spiro atoms. The molecule has 0 fully saturated rings. The van der Waals surface area contributed by atoms with Gasteiger partial charge in [0.15, 0.2) is 0 Å². The Balaban J connectivity index is 1.94. The van der Waals surface area contributed by atoms with Gasteiger partial charge in [-0.25, -0.2) is 0 Å². The standard InChI is InChI=1S/C16H12BrClN2O/c1-20-14-9-12(18)5-2-10(14)8-15(20)16(21)19-13-6-3-11(17)4-7-13/h2-9H,1H3,(H,19,21). The fraction of sp³-hybridized carbons (Fsp3) is 0.0625. The van der Waals surface area contributed by atoms with Gasteiger partial charge in [0.25, 0.3) is 5.91 Å². The Morgan fingerprint density at radius 2 is 1.86 bits per heavy atom. The van der Waals surface area contributed by atoms with Gasteiger partial charge >= 0.3 is 0 Å². The van der Waals surface area contributed by atoms with Gasteiger partial charge in [0, 0.05) is 33.1 Å². The molecule has 0 saturated heterocycles. The quantitative estimate of drug-likeness (QED) is 0.694. The molecule has 1 heterocycles. The molecule has 0 atom stereocenters. The van der Waals surface area contributed by atoms with E-state index >= 15 is 0 Å². The predicted molar refractivity (Wildman–Crippen MR) is 90.0 cm³/mol. The van der Waals surface area contributed by atoms with Crippen LogP contribution in [0.25, 0.3) is 10.9 Å². The largest absolute Gasteiger partial charge is 0.340 e. The molecule has 3 nitrogen and oxygen atoms in total. The molecule has 0 saturated carbocycles. The van der Waals surface area contributed by atoms with Crippen molar-refractivity contribution in [3.05, 3.63) is 63.7 Å². The van der Waals surface area contributed by atoms with E-state index in [1.54, 1.807) is 0 Å². The number of carbonyl (C=O) groups is 1. The molecular formula is C16H12BrClN2O. The first kappa shape index (κ1) is 14.2. The molecule has 0 radical (unpaired) electrons. The molecule has 3 aromatic rings. The second kappa shape index (κ2) is 5.54. The average Bonchev–Trinajstić information content (AvgIpc) is 2.79. The number of amides is 1. The van der Waals surface area contributed by atoms with Crippen molar-refractivity contribution in [3.8, 4) is 0 Å². The summed E-state index contributed by atoms with van der Waals surface area (Å²) >= 11 is 9.37. The van der Waals surface area contributed by atoms with Crippen molar-refractivity contribution in [1.29, 1.82) is 0 Å². The van der Waals surface area contributed by atoms with E-state index in [4.69, 9.17) is 11.6 Å². The van der Waals surface area contributed by atoms with Crippen LogP contribution in [-0.2, 0) is 7.05 Å². The molecule has 3 rings (SSSR count). The molecule has 0 unspecified atom stereocenters. The normalized spacial score (nSPS) is 10.8. The van der Waals surface area contributed by atoms with Crippen LogP contribution < -0.4 is 5.32 Å². The number of hydrogen-bond donors (Lipinski definition) is 1. The summed E-state index contributed by atoms with van der Waals surface area (Å²) in [6, 6.07) is 14.9. The molecule has 0 bridgehead atoms. The molecule has 0 aliphatic heterocycles. The highest BCUT2D eigenvalue weighted by Crippen LogP contribution is 2.23. The highest BCUT2D eigenvalue weighted by atomic mass is 79.9. The minimum Gasteiger partial charge on any atom is -0.340 e. The molecule has 1 amide bonds. The minimum atomic E-state index is -0.146. The van der Waals surface area contributed by atoms with E-state index < -0.39 is 0 Å². The summed E-state index contributed by atoms with van der Waals surface area (Å²) < 4.78 is 2.81. The molecular weight excluding hydrogens is 352 g/mol. The number of benzene rings is 2. The number of rotatable bonds is 2. The van der Waals surface area contributed by atoms with Crippen LogP contribution >= 0.6 is 27.5 Å². The minimum absolute atomic E-state index is 0.146. The third kappa shape index (κ3) is 2.82. The summed E-state index contributed by atoms with van der Waals surface area (Å²) in [5.41, 5.74) is 2.28. The first-order chi connectivity index (χ1) is 10.0. The van der Waals surface area contributed by atoms with Crippen LogP contribution in [0.3, 0.4) is 0 Å². The van der Waals surface area contributed by atoms with Crippen LogP contribution in [0.2, 0.25) is 5.02 Å². The van der Waals surface area contributed by atoms with Crippen LogP contribution in [0.15, 0.2) is 53.0 Å². The number of aromatic nitrogens is 1. The highest BCUT2D eigenvalue weighted by molar-refractivity contribution is 9.10. The maximum Gasteiger partial charge on any atom is 0.272 e. The molecule has 1 N–H and O–H groups in total. The van der Waals surface area contributed by atoms with Crippen molar-refractivity contribution >= 4 is 50.0 Å². The summed E-state index contributed by atoms with van der Waals surface area (Å²) in [6.45, 7) is 0. The summed E-state index contributed by atoms with van der Waals surface area (Å²) in [5, 5.41) is 4.53. The lowest BCUT2D eigenvalue weighted by molar-refractivity contribution is 0.102. The molecule has 2 aromatic carbocycles. The third-order valence-corrected chi connectivity index (χ3v) is 4.11. The van der Waals surface area contributed by atoms with Gasteiger partial charge in [0.1, 0.15) is 5.69 Å². The van der Waals surface area contributed by atoms with Gasteiger partial charge < -0.3 is 9.88 Å². The summed E-state index contributed by atoms with van der Waals surface area (Å²) in [5.74, 6) is -0.146. The number of carbonyl (C=O) groups excluding carboxylic acids is 1. The Bertz CT molecular complexity index is 824. The maximum atomic E-state index is 12.4. The Kier molecular flexibility index (Phi) is 3.74.